The highest BCUT2D eigenvalue weighted by molar-refractivity contribution is 4.95. The summed E-state index contributed by atoms with van der Waals surface area (Å²) in [6.45, 7) is 4.60. The Kier molecular flexibility index (Phi) is 9.40. The van der Waals surface area contributed by atoms with Gasteiger partial charge in [0.25, 0.3) is 0 Å². The molecule has 0 bridgehead atoms. The summed E-state index contributed by atoms with van der Waals surface area (Å²) in [6, 6.07) is 0. The maximum absolute atomic E-state index is 10.6. The maximum atomic E-state index is 10.6. The standard InChI is InChI=1S/C19H36O11/c1-5-19(3,6-2)30-18-14(25)12(23)16(10(8-21)28-18)29-17-13(24)11(22)15(26-4)9(7-20)27-17/h9-18,20-25H,5-8H2,1-4H3. The summed E-state index contributed by atoms with van der Waals surface area (Å²) in [5, 5.41) is 61.0. The van der Waals surface area contributed by atoms with Crippen LogP contribution in [-0.4, -0.2) is 118 Å². The number of ether oxygens (including phenoxy) is 5. The van der Waals surface area contributed by atoms with Gasteiger partial charge in [0, 0.05) is 7.11 Å². The molecule has 0 saturated carbocycles. The molecule has 0 aliphatic carbocycles. The molecule has 0 aromatic heterocycles. The largest absolute Gasteiger partial charge is 0.394 e. The first-order valence-electron chi connectivity index (χ1n) is 10.3. The molecule has 10 atom stereocenters. The predicted octanol–water partition coefficient (Wildman–Crippen LogP) is -2.14. The molecule has 2 aliphatic heterocycles. The van der Waals surface area contributed by atoms with Crippen LogP contribution in [0.2, 0.25) is 0 Å². The van der Waals surface area contributed by atoms with Gasteiger partial charge in [0.2, 0.25) is 0 Å². The summed E-state index contributed by atoms with van der Waals surface area (Å²) in [6.07, 6.45) is -11.8. The van der Waals surface area contributed by atoms with Crippen LogP contribution < -0.4 is 0 Å². The monoisotopic (exact) mass is 440 g/mol. The molecule has 0 amide bonds. The molecule has 30 heavy (non-hydrogen) atoms. The van der Waals surface area contributed by atoms with E-state index in [-0.39, 0.29) is 0 Å². The zero-order valence-corrected chi connectivity index (χ0v) is 17.8. The van der Waals surface area contributed by atoms with Gasteiger partial charge in [-0.3, -0.25) is 0 Å². The van der Waals surface area contributed by atoms with E-state index < -0.39 is 80.2 Å². The van der Waals surface area contributed by atoms with Crippen molar-refractivity contribution in [2.75, 3.05) is 20.3 Å². The van der Waals surface area contributed by atoms with E-state index in [1.54, 1.807) is 0 Å². The minimum absolute atomic E-state index is 0.513. The van der Waals surface area contributed by atoms with Crippen molar-refractivity contribution in [1.29, 1.82) is 0 Å². The highest BCUT2D eigenvalue weighted by Gasteiger charge is 2.51. The molecule has 2 rings (SSSR count). The van der Waals surface area contributed by atoms with Gasteiger partial charge in [0.05, 0.1) is 18.8 Å². The normalized spacial score (nSPS) is 43.0. The van der Waals surface area contributed by atoms with E-state index in [0.717, 1.165) is 0 Å². The van der Waals surface area contributed by atoms with Gasteiger partial charge in [-0.1, -0.05) is 13.8 Å². The van der Waals surface area contributed by atoms with E-state index in [9.17, 15) is 30.6 Å². The SMILES string of the molecule is CCC(C)(CC)OC1OC(CO)C(OC2OC(CO)C(OC)C(O)C2O)C(O)C1O. The fraction of sp³-hybridized carbons (Fsp3) is 1.00. The molecule has 10 unspecified atom stereocenters. The molecule has 178 valence electrons. The number of hydrogen-bond acceptors (Lipinski definition) is 11. The van der Waals surface area contributed by atoms with Crippen LogP contribution in [-0.2, 0) is 23.7 Å². The van der Waals surface area contributed by atoms with Crippen molar-refractivity contribution in [3.05, 3.63) is 0 Å². The van der Waals surface area contributed by atoms with Crippen molar-refractivity contribution >= 4 is 0 Å². The minimum atomic E-state index is -1.57. The zero-order valence-electron chi connectivity index (χ0n) is 17.8. The number of rotatable bonds is 9. The lowest BCUT2D eigenvalue weighted by atomic mass is 9.96. The first-order valence-corrected chi connectivity index (χ1v) is 10.3. The minimum Gasteiger partial charge on any atom is -0.394 e. The summed E-state index contributed by atoms with van der Waals surface area (Å²) < 4.78 is 27.6. The predicted molar refractivity (Wildman–Crippen MR) is 101 cm³/mol. The Balaban J connectivity index is 2.14. The van der Waals surface area contributed by atoms with Crippen molar-refractivity contribution < 1.29 is 54.3 Å². The molecule has 6 N–H and O–H groups in total. The quantitative estimate of drug-likeness (QED) is 0.231. The molecule has 0 aromatic carbocycles. The third-order valence-corrected chi connectivity index (χ3v) is 6.10. The number of aliphatic hydroxyl groups is 6. The molecule has 2 fully saturated rings. The molecule has 0 radical (unpaired) electrons. The topological polar surface area (TPSA) is 168 Å². The molecule has 2 aliphatic rings. The summed E-state index contributed by atoms with van der Waals surface area (Å²) >= 11 is 0. The second-order valence-electron chi connectivity index (χ2n) is 7.99. The Bertz CT molecular complexity index is 513. The van der Waals surface area contributed by atoms with E-state index in [1.807, 2.05) is 20.8 Å². The summed E-state index contributed by atoms with van der Waals surface area (Å²) in [7, 11) is 1.30. The van der Waals surface area contributed by atoms with E-state index in [1.165, 1.54) is 7.11 Å². The molecule has 0 aromatic rings. The fourth-order valence-corrected chi connectivity index (χ4v) is 3.63. The van der Waals surface area contributed by atoms with Gasteiger partial charge in [-0.25, -0.2) is 0 Å². The van der Waals surface area contributed by atoms with Gasteiger partial charge in [0.1, 0.15) is 48.8 Å². The van der Waals surface area contributed by atoms with Crippen LogP contribution in [0.4, 0.5) is 0 Å². The van der Waals surface area contributed by atoms with Crippen LogP contribution in [0.1, 0.15) is 33.6 Å². The molecular weight excluding hydrogens is 404 g/mol. The van der Waals surface area contributed by atoms with Crippen molar-refractivity contribution in [1.82, 2.24) is 0 Å². The Morgan fingerprint density at radius 2 is 1.23 bits per heavy atom. The van der Waals surface area contributed by atoms with Crippen LogP contribution in [0, 0.1) is 0 Å². The van der Waals surface area contributed by atoms with Gasteiger partial charge < -0.3 is 54.3 Å². The molecule has 11 heteroatoms. The summed E-state index contributed by atoms with van der Waals surface area (Å²) in [5.74, 6) is 0. The van der Waals surface area contributed by atoms with Gasteiger partial charge in [-0.15, -0.1) is 0 Å². The van der Waals surface area contributed by atoms with Crippen molar-refractivity contribution in [3.63, 3.8) is 0 Å². The molecule has 2 saturated heterocycles. The van der Waals surface area contributed by atoms with Gasteiger partial charge in [0.15, 0.2) is 12.6 Å². The first kappa shape index (κ1) is 25.8. The Morgan fingerprint density at radius 3 is 1.73 bits per heavy atom. The second-order valence-corrected chi connectivity index (χ2v) is 7.99. The zero-order chi connectivity index (χ0) is 22.6. The average Bonchev–Trinajstić information content (AvgIpc) is 2.75. The number of hydrogen-bond donors (Lipinski definition) is 6. The fourth-order valence-electron chi connectivity index (χ4n) is 3.63. The van der Waals surface area contributed by atoms with E-state index in [4.69, 9.17) is 23.7 Å². The number of methoxy groups -OCH3 is 1. The molecule has 11 nitrogen and oxygen atoms in total. The lowest BCUT2D eigenvalue weighted by molar-refractivity contribution is -0.368. The van der Waals surface area contributed by atoms with E-state index in [0.29, 0.717) is 12.8 Å². The Hall–Kier alpha value is -0.440. The first-order chi connectivity index (χ1) is 14.2. The average molecular weight is 440 g/mol. The van der Waals surface area contributed by atoms with Crippen LogP contribution in [0.3, 0.4) is 0 Å². The van der Waals surface area contributed by atoms with Gasteiger partial charge in [-0.2, -0.15) is 0 Å². The molecular formula is C19H36O11. The lowest BCUT2D eigenvalue weighted by Gasteiger charge is -2.47. The van der Waals surface area contributed by atoms with Crippen molar-refractivity contribution in [2.24, 2.45) is 0 Å². The van der Waals surface area contributed by atoms with Crippen LogP contribution in [0.25, 0.3) is 0 Å². The van der Waals surface area contributed by atoms with Crippen LogP contribution >= 0.6 is 0 Å². The molecule has 2 heterocycles. The highest BCUT2D eigenvalue weighted by atomic mass is 16.7. The molecule has 0 spiro atoms. The van der Waals surface area contributed by atoms with Crippen molar-refractivity contribution in [2.45, 2.75) is 101 Å². The van der Waals surface area contributed by atoms with E-state index >= 15 is 0 Å². The smallest absolute Gasteiger partial charge is 0.187 e. The maximum Gasteiger partial charge on any atom is 0.187 e. The number of aliphatic hydroxyl groups excluding tert-OH is 6. The highest BCUT2D eigenvalue weighted by Crippen LogP contribution is 2.32. The van der Waals surface area contributed by atoms with Crippen LogP contribution in [0.5, 0.6) is 0 Å². The van der Waals surface area contributed by atoms with Crippen molar-refractivity contribution in [3.8, 4) is 0 Å². The lowest BCUT2D eigenvalue weighted by Crippen LogP contribution is -2.65. The van der Waals surface area contributed by atoms with Gasteiger partial charge >= 0.3 is 0 Å². The van der Waals surface area contributed by atoms with E-state index in [2.05, 4.69) is 0 Å². The second kappa shape index (κ2) is 10.9. The van der Waals surface area contributed by atoms with Crippen LogP contribution in [0.15, 0.2) is 0 Å². The summed E-state index contributed by atoms with van der Waals surface area (Å²) in [5.41, 5.74) is -0.602. The third kappa shape index (κ3) is 5.30. The summed E-state index contributed by atoms with van der Waals surface area (Å²) in [4.78, 5) is 0. The van der Waals surface area contributed by atoms with Gasteiger partial charge in [-0.05, 0) is 19.8 Å². The Morgan fingerprint density at radius 1 is 0.767 bits per heavy atom. The Labute approximate surface area is 176 Å². The third-order valence-electron chi connectivity index (χ3n) is 6.10.